The number of amides is 3. The number of aromatic hydroxyl groups is 1. The number of ether oxygens (including phenoxy) is 4. The minimum atomic E-state index is -1.92. The number of hydrogen-bond acceptors (Lipinski definition) is 11. The van der Waals surface area contributed by atoms with Crippen LogP contribution in [0.2, 0.25) is 0 Å². The number of hydrogen-bond donors (Lipinski definition) is 2. The molecule has 60 heavy (non-hydrogen) atoms. The number of benzene rings is 5. The lowest BCUT2D eigenvalue weighted by Gasteiger charge is -2.46. The molecule has 0 saturated carbocycles. The van der Waals surface area contributed by atoms with Crippen LogP contribution in [0.15, 0.2) is 133 Å². The van der Waals surface area contributed by atoms with Crippen LogP contribution >= 0.6 is 0 Å². The summed E-state index contributed by atoms with van der Waals surface area (Å²) in [6, 6.07) is 36.4. The van der Waals surface area contributed by atoms with Crippen molar-refractivity contribution in [2.45, 2.75) is 29.6 Å². The normalized spacial score (nSPS) is 24.8. The number of methoxy groups -OCH3 is 1. The van der Waals surface area contributed by atoms with E-state index in [2.05, 4.69) is 10.2 Å². The van der Waals surface area contributed by atoms with Gasteiger partial charge in [0.2, 0.25) is 11.8 Å². The molecular weight excluding hydrogens is 765 g/mol. The van der Waals surface area contributed by atoms with Gasteiger partial charge in [-0.2, -0.15) is 0 Å². The Morgan fingerprint density at radius 3 is 2.10 bits per heavy atom. The van der Waals surface area contributed by atoms with Gasteiger partial charge in [-0.3, -0.25) is 19.3 Å². The molecule has 13 heteroatoms. The number of nitrogens with one attached hydrogen (secondary N) is 1. The number of cyclic esters (lactones) is 1. The minimum Gasteiger partial charge on any atom is -0.508 e. The van der Waals surface area contributed by atoms with Crippen LogP contribution in [0, 0.1) is 5.92 Å². The van der Waals surface area contributed by atoms with Crippen LogP contribution in [0.25, 0.3) is 0 Å². The zero-order valence-electron chi connectivity index (χ0n) is 32.9. The van der Waals surface area contributed by atoms with Crippen LogP contribution < -0.4 is 15.1 Å². The maximum atomic E-state index is 15.9. The van der Waals surface area contributed by atoms with Gasteiger partial charge in [0.25, 0.3) is 0 Å². The molecule has 0 radical (unpaired) electrons. The summed E-state index contributed by atoms with van der Waals surface area (Å²) >= 11 is 0. The second-order valence-electron chi connectivity index (χ2n) is 15.3. The summed E-state index contributed by atoms with van der Waals surface area (Å²) in [4.78, 5) is 65.7. The number of para-hydroxylation sites is 1. The van der Waals surface area contributed by atoms with Crippen molar-refractivity contribution in [1.29, 1.82) is 0 Å². The largest absolute Gasteiger partial charge is 0.508 e. The van der Waals surface area contributed by atoms with Gasteiger partial charge in [-0.1, -0.05) is 91.0 Å². The highest BCUT2D eigenvalue weighted by molar-refractivity contribution is 6.24. The van der Waals surface area contributed by atoms with Gasteiger partial charge in [-0.15, -0.1) is 0 Å². The molecule has 306 valence electrons. The molecule has 0 aliphatic carbocycles. The highest BCUT2D eigenvalue weighted by atomic mass is 16.6. The molecule has 4 heterocycles. The van der Waals surface area contributed by atoms with Gasteiger partial charge < -0.3 is 34.3 Å². The first-order chi connectivity index (χ1) is 29.3. The summed E-state index contributed by atoms with van der Waals surface area (Å²) in [5.74, 6) is -3.54. The summed E-state index contributed by atoms with van der Waals surface area (Å²) in [7, 11) is 1.47. The van der Waals surface area contributed by atoms with Crippen LogP contribution in [0.4, 0.5) is 21.9 Å². The van der Waals surface area contributed by atoms with Crippen molar-refractivity contribution in [3.63, 3.8) is 0 Å². The first-order valence-electron chi connectivity index (χ1n) is 20.0. The van der Waals surface area contributed by atoms with Crippen molar-refractivity contribution >= 4 is 40.9 Å². The van der Waals surface area contributed by atoms with Crippen LogP contribution in [0.5, 0.6) is 5.75 Å². The predicted molar refractivity (Wildman–Crippen MR) is 221 cm³/mol. The molecule has 3 amide bonds. The zero-order valence-corrected chi connectivity index (χ0v) is 32.9. The number of phenols is 1. The van der Waals surface area contributed by atoms with E-state index in [9.17, 15) is 9.90 Å². The van der Waals surface area contributed by atoms with E-state index < -0.39 is 59.4 Å². The molecule has 3 saturated heterocycles. The Labute approximate surface area is 347 Å². The van der Waals surface area contributed by atoms with Crippen LogP contribution in [0.1, 0.15) is 40.4 Å². The fourth-order valence-electron chi connectivity index (χ4n) is 9.57. The Hall–Kier alpha value is -6.54. The number of imide groups is 1. The number of morpholine rings is 2. The van der Waals surface area contributed by atoms with Gasteiger partial charge in [0, 0.05) is 31.6 Å². The van der Waals surface area contributed by atoms with Crippen molar-refractivity contribution in [3.05, 3.63) is 156 Å². The van der Waals surface area contributed by atoms with Crippen molar-refractivity contribution in [1.82, 2.24) is 4.90 Å². The molecule has 0 aromatic heterocycles. The molecule has 4 aliphatic rings. The highest BCUT2D eigenvalue weighted by Gasteiger charge is 2.75. The van der Waals surface area contributed by atoms with Crippen LogP contribution in [-0.4, -0.2) is 86.6 Å². The molecule has 5 aromatic carbocycles. The molecule has 9 rings (SSSR count). The van der Waals surface area contributed by atoms with Crippen LogP contribution in [-0.2, 0) is 38.7 Å². The molecule has 0 bridgehead atoms. The van der Waals surface area contributed by atoms with Gasteiger partial charge in [-0.05, 0) is 64.7 Å². The molecule has 2 N–H and O–H groups in total. The summed E-state index contributed by atoms with van der Waals surface area (Å²) in [6.45, 7) is 2.64. The number of carbonyl (C=O) groups is 4. The van der Waals surface area contributed by atoms with E-state index in [1.54, 1.807) is 48.5 Å². The smallest absolute Gasteiger partial charge is 0.421 e. The quantitative estimate of drug-likeness (QED) is 0.128. The standard InChI is InChI=1S/C47H44N4O9/c1-57-28-29-59-46(56)50-37-15-9-8-14-36(37)47(45(50)55)38(43(53)48-33-18-20-34(21-19-33)49-24-26-58-27-25-49)40-44(54)60-41(31-12-6-3-7-13-31)39(30-10-4-2-5-11-30)51(40)42(47)32-16-22-35(52)23-17-32/h2-23,38-42,52H,24-29H2,1H3,(H,48,53)/t38-,39-,40-,41+,42+,47-/m1/s1. The molecule has 5 aromatic rings. The number of nitrogens with zero attached hydrogens (tertiary/aromatic N) is 3. The number of rotatable bonds is 9. The summed E-state index contributed by atoms with van der Waals surface area (Å²) in [6.07, 6.45) is -1.82. The lowest BCUT2D eigenvalue weighted by atomic mass is 9.65. The SMILES string of the molecule is COCCOC(=O)N1C(=O)[C@@]2(c3ccccc31)[C@H](c1ccc(O)cc1)N1[C@H](c3ccccc3)[C@H](c3ccccc3)OC(=O)[C@H]1[C@@H]2C(=O)Nc1ccc(N2CCOCC2)cc1. The third-order valence-corrected chi connectivity index (χ3v) is 12.1. The van der Waals surface area contributed by atoms with E-state index >= 15 is 14.4 Å². The molecular formula is C47H44N4O9. The van der Waals surface area contributed by atoms with Gasteiger partial charge in [0.05, 0.1) is 43.5 Å². The number of phenolic OH excluding ortho intramolecular Hbond substituents is 1. The topological polar surface area (TPSA) is 147 Å². The van der Waals surface area contributed by atoms with Crippen molar-refractivity contribution in [2.75, 3.05) is 61.7 Å². The number of esters is 1. The third kappa shape index (κ3) is 6.55. The van der Waals surface area contributed by atoms with Gasteiger partial charge in [-0.25, -0.2) is 9.69 Å². The fraction of sp³-hybridized carbons (Fsp3) is 0.277. The summed E-state index contributed by atoms with van der Waals surface area (Å²) in [5, 5.41) is 13.7. The average Bonchev–Trinajstić information content (AvgIpc) is 3.74. The van der Waals surface area contributed by atoms with E-state index in [1.807, 2.05) is 77.7 Å². The Balaban J connectivity index is 1.27. The maximum Gasteiger partial charge on any atom is 0.421 e. The molecule has 13 nitrogen and oxygen atoms in total. The first-order valence-corrected chi connectivity index (χ1v) is 20.0. The summed E-state index contributed by atoms with van der Waals surface area (Å²) in [5.41, 5.74) is 2.10. The van der Waals surface area contributed by atoms with E-state index in [0.717, 1.165) is 29.2 Å². The Bertz CT molecular complexity index is 2370. The van der Waals surface area contributed by atoms with E-state index in [1.165, 1.54) is 19.2 Å². The van der Waals surface area contributed by atoms with Crippen molar-refractivity contribution < 1.29 is 43.2 Å². The van der Waals surface area contributed by atoms with E-state index in [0.29, 0.717) is 35.6 Å². The minimum absolute atomic E-state index is 0.0153. The highest BCUT2D eigenvalue weighted by Crippen LogP contribution is 2.66. The second-order valence-corrected chi connectivity index (χ2v) is 15.3. The Morgan fingerprint density at radius 2 is 1.42 bits per heavy atom. The van der Waals surface area contributed by atoms with E-state index in [-0.39, 0.29) is 24.7 Å². The number of carbonyl (C=O) groups excluding carboxylic acids is 4. The zero-order chi connectivity index (χ0) is 41.4. The monoisotopic (exact) mass is 808 g/mol. The fourth-order valence-corrected chi connectivity index (χ4v) is 9.57. The molecule has 6 atom stereocenters. The average molecular weight is 809 g/mol. The maximum absolute atomic E-state index is 15.9. The molecule has 1 spiro atoms. The molecule has 0 unspecified atom stereocenters. The Kier molecular flexibility index (Phi) is 10.5. The van der Waals surface area contributed by atoms with Gasteiger partial charge in [0.15, 0.2) is 0 Å². The Morgan fingerprint density at radius 1 is 0.767 bits per heavy atom. The lowest BCUT2D eigenvalue weighted by molar-refractivity contribution is -0.177. The first kappa shape index (κ1) is 38.9. The number of fused-ring (bicyclic) bond motifs is 3. The lowest BCUT2D eigenvalue weighted by Crippen LogP contribution is -2.54. The predicted octanol–water partition coefficient (Wildman–Crippen LogP) is 6.32. The van der Waals surface area contributed by atoms with Crippen molar-refractivity contribution in [2.24, 2.45) is 5.92 Å². The molecule has 4 aliphatic heterocycles. The van der Waals surface area contributed by atoms with Crippen LogP contribution in [0.3, 0.4) is 0 Å². The van der Waals surface area contributed by atoms with E-state index in [4.69, 9.17) is 18.9 Å². The van der Waals surface area contributed by atoms with Crippen molar-refractivity contribution in [3.8, 4) is 5.75 Å². The second kappa shape index (κ2) is 16.3. The number of anilines is 3. The summed E-state index contributed by atoms with van der Waals surface area (Å²) < 4.78 is 22.8. The van der Waals surface area contributed by atoms with Gasteiger partial charge >= 0.3 is 12.1 Å². The third-order valence-electron chi connectivity index (χ3n) is 12.1. The van der Waals surface area contributed by atoms with Gasteiger partial charge in [0.1, 0.15) is 29.9 Å². The molecule has 3 fully saturated rings.